The minimum Gasteiger partial charge on any atom is -0.428 e. The predicted molar refractivity (Wildman–Crippen MR) is 151 cm³/mol. The lowest BCUT2D eigenvalue weighted by Gasteiger charge is -2.39. The van der Waals surface area contributed by atoms with Crippen molar-refractivity contribution in [1.82, 2.24) is 16.0 Å². The third kappa shape index (κ3) is 8.65. The van der Waals surface area contributed by atoms with Crippen molar-refractivity contribution in [3.05, 3.63) is 101 Å². The van der Waals surface area contributed by atoms with Crippen LogP contribution in [0.25, 0.3) is 0 Å². The van der Waals surface area contributed by atoms with Crippen LogP contribution < -0.4 is 20.7 Å². The molecule has 3 N–H and O–H groups in total. The maximum Gasteiger partial charge on any atom is 0.461 e. The largest absolute Gasteiger partial charge is 0.461 e. The SMILES string of the molecule is CC(C)CNCc1cc([C@@](Cc2ccccc2)(NC(=O)NC2CC(F)(F)C2)c2cc(F)cc(OC(F)(F)C(F)F)c2)ccc1F. The van der Waals surface area contributed by atoms with Gasteiger partial charge in [-0.15, -0.1) is 0 Å². The van der Waals surface area contributed by atoms with Gasteiger partial charge in [0.05, 0.1) is 5.54 Å². The van der Waals surface area contributed by atoms with Crippen molar-refractivity contribution in [1.29, 1.82) is 0 Å². The molecule has 0 saturated heterocycles. The third-order valence-electron chi connectivity index (χ3n) is 7.34. The fourth-order valence-electron chi connectivity index (χ4n) is 5.18. The molecule has 1 aliphatic carbocycles. The van der Waals surface area contributed by atoms with Gasteiger partial charge in [-0.25, -0.2) is 22.4 Å². The second-order valence-corrected chi connectivity index (χ2v) is 11.6. The number of alkyl halides is 6. The van der Waals surface area contributed by atoms with Crippen LogP contribution in [0.3, 0.4) is 0 Å². The number of hydrogen-bond acceptors (Lipinski definition) is 3. The predicted octanol–water partition coefficient (Wildman–Crippen LogP) is 7.53. The fraction of sp³-hybridized carbons (Fsp3) is 0.406. The average Bonchev–Trinajstić information content (AvgIpc) is 2.92. The summed E-state index contributed by atoms with van der Waals surface area (Å²) in [5, 5.41) is 8.26. The molecule has 1 saturated carbocycles. The van der Waals surface area contributed by atoms with E-state index in [1.165, 1.54) is 12.1 Å². The van der Waals surface area contributed by atoms with Crippen molar-refractivity contribution < 1.29 is 44.7 Å². The van der Waals surface area contributed by atoms with Crippen LogP contribution in [-0.4, -0.2) is 37.1 Å². The zero-order valence-corrected chi connectivity index (χ0v) is 24.5. The molecule has 0 aromatic heterocycles. The van der Waals surface area contributed by atoms with E-state index in [1.807, 2.05) is 13.8 Å². The van der Waals surface area contributed by atoms with Crippen LogP contribution in [0.4, 0.5) is 39.9 Å². The van der Waals surface area contributed by atoms with Crippen LogP contribution in [0.15, 0.2) is 66.7 Å². The van der Waals surface area contributed by atoms with E-state index in [9.17, 15) is 31.1 Å². The molecule has 13 heteroatoms. The van der Waals surface area contributed by atoms with Gasteiger partial charge in [0.15, 0.2) is 0 Å². The van der Waals surface area contributed by atoms with Crippen LogP contribution >= 0.6 is 0 Å². The molecular formula is C32H33F8N3O2. The molecule has 5 nitrogen and oxygen atoms in total. The Kier molecular flexibility index (Phi) is 10.3. The Morgan fingerprint density at radius 2 is 1.67 bits per heavy atom. The van der Waals surface area contributed by atoms with E-state index < -0.39 is 66.3 Å². The number of nitrogens with one attached hydrogen (secondary N) is 3. The molecule has 0 aliphatic heterocycles. The van der Waals surface area contributed by atoms with Crippen LogP contribution in [0.5, 0.6) is 5.75 Å². The number of hydrogen-bond donors (Lipinski definition) is 3. The van der Waals surface area contributed by atoms with Gasteiger partial charge in [-0.1, -0.05) is 50.2 Å². The molecule has 2 amide bonds. The smallest absolute Gasteiger partial charge is 0.428 e. The van der Waals surface area contributed by atoms with Gasteiger partial charge in [-0.05, 0) is 53.4 Å². The standard InChI is InChI=1S/C32H33F8N3O2/c1-19(2)17-41-18-21-10-22(8-9-27(21)34)31(14-20-6-4-3-5-7-20,43-29(44)42-25-15-30(37,38)16-25)23-11-24(33)13-26(12-23)45-32(39,40)28(35)36/h3-13,19,25,28,41H,14-18H2,1-2H3,(H2,42,43,44)/t31-/m1/s1. The number of halogens is 8. The molecule has 0 radical (unpaired) electrons. The molecular weight excluding hydrogens is 610 g/mol. The third-order valence-corrected chi connectivity index (χ3v) is 7.34. The van der Waals surface area contributed by atoms with Gasteiger partial charge in [-0.3, -0.25) is 0 Å². The summed E-state index contributed by atoms with van der Waals surface area (Å²) in [5.41, 5.74) is -1.23. The second-order valence-electron chi connectivity index (χ2n) is 11.6. The normalized spacial score (nSPS) is 16.3. The van der Waals surface area contributed by atoms with Crippen molar-refractivity contribution in [3.8, 4) is 5.75 Å². The quantitative estimate of drug-likeness (QED) is 0.169. The monoisotopic (exact) mass is 643 g/mol. The Labute approximate surface area is 255 Å². The Hall–Kier alpha value is -3.87. The van der Waals surface area contributed by atoms with Gasteiger partial charge in [-0.2, -0.15) is 17.6 Å². The number of amides is 2. The highest BCUT2D eigenvalue weighted by Crippen LogP contribution is 2.40. The zero-order chi connectivity index (χ0) is 33.0. The van der Waals surface area contributed by atoms with Gasteiger partial charge >= 0.3 is 18.6 Å². The van der Waals surface area contributed by atoms with Gasteiger partial charge in [0.1, 0.15) is 17.4 Å². The number of rotatable bonds is 13. The topological polar surface area (TPSA) is 62.4 Å². The minimum atomic E-state index is -4.97. The van der Waals surface area contributed by atoms with E-state index in [2.05, 4.69) is 20.7 Å². The van der Waals surface area contributed by atoms with Crippen LogP contribution in [0, 0.1) is 17.6 Å². The fourth-order valence-corrected chi connectivity index (χ4v) is 5.18. The molecule has 4 rings (SSSR count). The van der Waals surface area contributed by atoms with Gasteiger partial charge < -0.3 is 20.7 Å². The highest BCUT2D eigenvalue weighted by molar-refractivity contribution is 5.77. The molecule has 45 heavy (non-hydrogen) atoms. The van der Waals surface area contributed by atoms with Gasteiger partial charge in [0.25, 0.3) is 5.92 Å². The first-order chi connectivity index (χ1) is 21.1. The first-order valence-electron chi connectivity index (χ1n) is 14.2. The second kappa shape index (κ2) is 13.6. The van der Waals surface area contributed by atoms with E-state index in [0.717, 1.165) is 18.2 Å². The molecule has 244 valence electrons. The summed E-state index contributed by atoms with van der Waals surface area (Å²) in [6.45, 7) is 4.49. The summed E-state index contributed by atoms with van der Waals surface area (Å²) in [7, 11) is 0. The highest BCUT2D eigenvalue weighted by Gasteiger charge is 2.47. The summed E-state index contributed by atoms with van der Waals surface area (Å²) < 4.78 is 115. The number of urea groups is 1. The molecule has 0 heterocycles. The maximum absolute atomic E-state index is 15.1. The van der Waals surface area contributed by atoms with E-state index in [1.54, 1.807) is 30.3 Å². The molecule has 0 bridgehead atoms. The van der Waals surface area contributed by atoms with Crippen molar-refractivity contribution in [2.75, 3.05) is 6.54 Å². The van der Waals surface area contributed by atoms with E-state index in [-0.39, 0.29) is 35.6 Å². The molecule has 1 aliphatic rings. The number of ether oxygens (including phenoxy) is 1. The van der Waals surface area contributed by atoms with Crippen molar-refractivity contribution in [3.63, 3.8) is 0 Å². The molecule has 1 fully saturated rings. The first-order valence-corrected chi connectivity index (χ1v) is 14.2. The Morgan fingerprint density at radius 1 is 0.978 bits per heavy atom. The minimum absolute atomic E-state index is 0.0563. The van der Waals surface area contributed by atoms with Gasteiger partial charge in [0, 0.05) is 43.5 Å². The number of benzene rings is 3. The van der Waals surface area contributed by atoms with E-state index >= 15 is 8.78 Å². The highest BCUT2D eigenvalue weighted by atomic mass is 19.3. The van der Waals surface area contributed by atoms with Crippen LogP contribution in [-0.2, 0) is 18.5 Å². The number of carbonyl (C=O) groups is 1. The lowest BCUT2D eigenvalue weighted by Crippen LogP contribution is -2.58. The average molecular weight is 644 g/mol. The first kappa shape index (κ1) is 34.0. The number of carbonyl (C=O) groups excluding carboxylic acids is 1. The maximum atomic E-state index is 15.1. The molecule has 3 aromatic carbocycles. The summed E-state index contributed by atoms with van der Waals surface area (Å²) in [4.78, 5) is 13.4. The van der Waals surface area contributed by atoms with Crippen molar-refractivity contribution in [2.45, 2.75) is 69.7 Å². The molecule has 3 aromatic rings. The lowest BCUT2D eigenvalue weighted by atomic mass is 9.77. The Morgan fingerprint density at radius 3 is 2.29 bits per heavy atom. The van der Waals surface area contributed by atoms with E-state index in [4.69, 9.17) is 0 Å². The molecule has 0 unspecified atom stereocenters. The van der Waals surface area contributed by atoms with Crippen LogP contribution in [0.1, 0.15) is 48.9 Å². The summed E-state index contributed by atoms with van der Waals surface area (Å²) in [6.07, 6.45) is -10.6. The Balaban J connectivity index is 1.88. The van der Waals surface area contributed by atoms with Gasteiger partial charge in [0.2, 0.25) is 0 Å². The summed E-state index contributed by atoms with van der Waals surface area (Å²) >= 11 is 0. The van der Waals surface area contributed by atoms with Crippen LogP contribution in [0.2, 0.25) is 0 Å². The lowest BCUT2D eigenvalue weighted by molar-refractivity contribution is -0.253. The summed E-state index contributed by atoms with van der Waals surface area (Å²) in [6, 6.07) is 12.6. The zero-order valence-electron chi connectivity index (χ0n) is 24.5. The summed E-state index contributed by atoms with van der Waals surface area (Å²) in [5.74, 6) is -5.46. The Bertz CT molecular complexity index is 1460. The molecule has 1 atom stereocenters. The van der Waals surface area contributed by atoms with E-state index in [0.29, 0.717) is 18.2 Å². The molecule has 0 spiro atoms. The van der Waals surface area contributed by atoms with Crippen molar-refractivity contribution in [2.24, 2.45) is 5.92 Å². The van der Waals surface area contributed by atoms with Crippen molar-refractivity contribution >= 4 is 6.03 Å².